The van der Waals surface area contributed by atoms with Gasteiger partial charge in [-0.2, -0.15) is 0 Å². The SMILES string of the molecule is CCc1nc2ccccc2n1-c1ccc(-c2cc3c4ccccc4oc3c3ccccc23)cc1. The monoisotopic (exact) mass is 438 g/mol. The summed E-state index contributed by atoms with van der Waals surface area (Å²) < 4.78 is 8.55. The highest BCUT2D eigenvalue weighted by Crippen LogP contribution is 2.39. The van der Waals surface area contributed by atoms with Gasteiger partial charge in [0.15, 0.2) is 0 Å². The van der Waals surface area contributed by atoms with Gasteiger partial charge < -0.3 is 4.42 Å². The molecule has 0 unspecified atom stereocenters. The highest BCUT2D eigenvalue weighted by molar-refractivity contribution is 6.19. The van der Waals surface area contributed by atoms with Crippen molar-refractivity contribution < 1.29 is 4.42 Å². The zero-order chi connectivity index (χ0) is 22.6. The highest BCUT2D eigenvalue weighted by atomic mass is 16.3. The third-order valence-corrected chi connectivity index (χ3v) is 6.77. The molecule has 2 heterocycles. The molecule has 0 saturated carbocycles. The Bertz CT molecular complexity index is 1840. The maximum Gasteiger partial charge on any atom is 0.143 e. The van der Waals surface area contributed by atoms with E-state index in [1.165, 1.54) is 16.5 Å². The van der Waals surface area contributed by atoms with Crippen LogP contribution in [-0.2, 0) is 6.42 Å². The number of rotatable bonds is 3. The molecule has 0 radical (unpaired) electrons. The molecule has 3 heteroatoms. The fraction of sp³-hybridized carbons (Fsp3) is 0.0645. The zero-order valence-electron chi connectivity index (χ0n) is 18.8. The first kappa shape index (κ1) is 19.1. The second-order valence-electron chi connectivity index (χ2n) is 8.70. The van der Waals surface area contributed by atoms with Crippen molar-refractivity contribution in [3.8, 4) is 16.8 Å². The molecule has 0 aliphatic rings. The number of para-hydroxylation sites is 3. The van der Waals surface area contributed by atoms with E-state index in [9.17, 15) is 0 Å². The van der Waals surface area contributed by atoms with Crippen molar-refractivity contribution in [2.24, 2.45) is 0 Å². The minimum Gasteiger partial charge on any atom is -0.455 e. The molecule has 3 nitrogen and oxygen atoms in total. The van der Waals surface area contributed by atoms with Crippen molar-refractivity contribution in [3.63, 3.8) is 0 Å². The van der Waals surface area contributed by atoms with E-state index in [1.54, 1.807) is 0 Å². The number of hydrogen-bond donors (Lipinski definition) is 0. The highest BCUT2D eigenvalue weighted by Gasteiger charge is 2.15. The molecular formula is C31H22N2O. The molecule has 0 aliphatic carbocycles. The second kappa shape index (κ2) is 7.32. The third kappa shape index (κ3) is 2.74. The van der Waals surface area contributed by atoms with E-state index in [0.29, 0.717) is 0 Å². The van der Waals surface area contributed by atoms with Crippen molar-refractivity contribution in [2.75, 3.05) is 0 Å². The van der Waals surface area contributed by atoms with E-state index >= 15 is 0 Å². The van der Waals surface area contributed by atoms with Gasteiger partial charge in [-0.05, 0) is 52.9 Å². The van der Waals surface area contributed by atoms with Crippen LogP contribution in [0.15, 0.2) is 108 Å². The van der Waals surface area contributed by atoms with Gasteiger partial charge in [0, 0.05) is 28.3 Å². The number of aromatic nitrogens is 2. The lowest BCUT2D eigenvalue weighted by Crippen LogP contribution is -1.99. The average Bonchev–Trinajstić information content (AvgIpc) is 3.47. The van der Waals surface area contributed by atoms with Gasteiger partial charge in [0.25, 0.3) is 0 Å². The molecule has 0 saturated heterocycles. The Hall–Kier alpha value is -4.37. The lowest BCUT2D eigenvalue weighted by Gasteiger charge is -2.11. The van der Waals surface area contributed by atoms with Crippen molar-refractivity contribution in [1.29, 1.82) is 0 Å². The molecule has 162 valence electrons. The Balaban J connectivity index is 1.44. The van der Waals surface area contributed by atoms with E-state index < -0.39 is 0 Å². The maximum absolute atomic E-state index is 6.28. The Morgan fingerprint density at radius 3 is 2.24 bits per heavy atom. The topological polar surface area (TPSA) is 31.0 Å². The number of imidazole rings is 1. The molecule has 7 rings (SSSR count). The Morgan fingerprint density at radius 1 is 0.706 bits per heavy atom. The molecule has 5 aromatic carbocycles. The fourth-order valence-electron chi connectivity index (χ4n) is 5.18. The van der Waals surface area contributed by atoms with E-state index in [4.69, 9.17) is 9.40 Å². The normalized spacial score (nSPS) is 11.8. The molecule has 0 fully saturated rings. The number of nitrogens with zero attached hydrogens (tertiary/aromatic N) is 2. The molecule has 0 atom stereocenters. The average molecular weight is 439 g/mol. The minimum atomic E-state index is 0.880. The summed E-state index contributed by atoms with van der Waals surface area (Å²) in [5.74, 6) is 1.07. The smallest absolute Gasteiger partial charge is 0.143 e. The zero-order valence-corrected chi connectivity index (χ0v) is 18.8. The van der Waals surface area contributed by atoms with Gasteiger partial charge in [0.05, 0.1) is 11.0 Å². The van der Waals surface area contributed by atoms with Crippen LogP contribution in [0.1, 0.15) is 12.7 Å². The predicted molar refractivity (Wildman–Crippen MR) is 141 cm³/mol. The Morgan fingerprint density at radius 2 is 1.41 bits per heavy atom. The molecule has 0 aliphatic heterocycles. The van der Waals surface area contributed by atoms with E-state index in [0.717, 1.165) is 56.3 Å². The lowest BCUT2D eigenvalue weighted by molar-refractivity contribution is 0.672. The summed E-state index contributed by atoms with van der Waals surface area (Å²) in [5, 5.41) is 4.65. The number of fused-ring (bicyclic) bond motifs is 6. The summed E-state index contributed by atoms with van der Waals surface area (Å²) in [6.45, 7) is 2.16. The van der Waals surface area contributed by atoms with Crippen LogP contribution in [0.2, 0.25) is 0 Å². The Kier molecular flexibility index (Phi) is 4.12. The quantitative estimate of drug-likeness (QED) is 0.278. The summed E-state index contributed by atoms with van der Waals surface area (Å²) in [6.07, 6.45) is 0.880. The van der Waals surface area contributed by atoms with Crippen LogP contribution < -0.4 is 0 Å². The summed E-state index contributed by atoms with van der Waals surface area (Å²) in [6, 6.07) is 36.3. The van der Waals surface area contributed by atoms with Gasteiger partial charge in [-0.15, -0.1) is 0 Å². The first-order valence-corrected chi connectivity index (χ1v) is 11.7. The molecule has 2 aromatic heterocycles. The van der Waals surface area contributed by atoms with Gasteiger partial charge in [0.2, 0.25) is 0 Å². The minimum absolute atomic E-state index is 0.880. The first-order chi connectivity index (χ1) is 16.8. The van der Waals surface area contributed by atoms with E-state index in [-0.39, 0.29) is 0 Å². The van der Waals surface area contributed by atoms with Gasteiger partial charge >= 0.3 is 0 Å². The van der Waals surface area contributed by atoms with Crippen molar-refractivity contribution in [2.45, 2.75) is 13.3 Å². The van der Waals surface area contributed by atoms with Crippen LogP contribution >= 0.6 is 0 Å². The van der Waals surface area contributed by atoms with Gasteiger partial charge in [-0.1, -0.05) is 73.7 Å². The summed E-state index contributed by atoms with van der Waals surface area (Å²) in [5.41, 5.74) is 7.59. The number of furan rings is 1. The van der Waals surface area contributed by atoms with Gasteiger partial charge in [-0.3, -0.25) is 4.57 Å². The molecule has 0 amide bonds. The lowest BCUT2D eigenvalue weighted by atomic mass is 9.95. The van der Waals surface area contributed by atoms with Gasteiger partial charge in [-0.25, -0.2) is 4.98 Å². The second-order valence-corrected chi connectivity index (χ2v) is 8.70. The molecule has 0 N–H and O–H groups in total. The summed E-state index contributed by atoms with van der Waals surface area (Å²) in [7, 11) is 0. The molecule has 34 heavy (non-hydrogen) atoms. The van der Waals surface area contributed by atoms with Crippen LogP contribution in [-0.4, -0.2) is 9.55 Å². The molecule has 0 spiro atoms. The van der Waals surface area contributed by atoms with E-state index in [1.807, 2.05) is 18.2 Å². The Labute approximate surface area is 196 Å². The third-order valence-electron chi connectivity index (χ3n) is 6.77. The van der Waals surface area contributed by atoms with Crippen LogP contribution in [0.4, 0.5) is 0 Å². The summed E-state index contributed by atoms with van der Waals surface area (Å²) in [4.78, 5) is 4.84. The van der Waals surface area contributed by atoms with E-state index in [2.05, 4.69) is 96.4 Å². The maximum atomic E-state index is 6.28. The molecule has 7 aromatic rings. The predicted octanol–water partition coefficient (Wildman–Crippen LogP) is 8.31. The standard InChI is InChI=1S/C31H22N2O/c1-2-30-32-27-12-6-7-13-28(27)33(30)21-17-15-20(16-18-21)25-19-26-23-10-5-8-14-29(23)34-31(26)24-11-4-3-9-22(24)25/h3-19H,2H2,1H3. The van der Waals surface area contributed by atoms with Crippen molar-refractivity contribution in [1.82, 2.24) is 9.55 Å². The first-order valence-electron chi connectivity index (χ1n) is 11.7. The number of benzene rings is 5. The molecule has 0 bridgehead atoms. The van der Waals surface area contributed by atoms with Crippen LogP contribution in [0.5, 0.6) is 0 Å². The fourth-order valence-corrected chi connectivity index (χ4v) is 5.18. The van der Waals surface area contributed by atoms with Crippen LogP contribution in [0, 0.1) is 0 Å². The largest absolute Gasteiger partial charge is 0.455 e. The van der Waals surface area contributed by atoms with Crippen molar-refractivity contribution >= 4 is 43.7 Å². The summed E-state index contributed by atoms with van der Waals surface area (Å²) >= 11 is 0. The van der Waals surface area contributed by atoms with Gasteiger partial charge in [0.1, 0.15) is 17.0 Å². The molecular weight excluding hydrogens is 416 g/mol. The number of hydrogen-bond acceptors (Lipinski definition) is 2. The number of aryl methyl sites for hydroxylation is 1. The van der Waals surface area contributed by atoms with Crippen molar-refractivity contribution in [3.05, 3.63) is 109 Å². The van der Waals surface area contributed by atoms with Crippen LogP contribution in [0.25, 0.3) is 60.6 Å². The van der Waals surface area contributed by atoms with Crippen LogP contribution in [0.3, 0.4) is 0 Å².